The first-order valence-electron chi connectivity index (χ1n) is 9.74. The standard InChI is InChI=1S/C22H22N4O3S/c1-4-14(2)26-21(27)17-7-5-6-8-18(17)25(22(26)28)13-19-23-20(24-29-19)15-9-11-16(30-3)12-10-15/h5-12,14H,4,13H2,1-3H3. The van der Waals surface area contributed by atoms with Gasteiger partial charge in [0.05, 0.1) is 10.9 Å². The van der Waals surface area contributed by atoms with Crippen LogP contribution >= 0.6 is 11.8 Å². The minimum Gasteiger partial charge on any atom is -0.337 e. The van der Waals surface area contributed by atoms with Crippen molar-refractivity contribution in [1.29, 1.82) is 0 Å². The van der Waals surface area contributed by atoms with E-state index in [2.05, 4.69) is 10.1 Å². The molecule has 1 atom stereocenters. The molecule has 2 aromatic heterocycles. The van der Waals surface area contributed by atoms with Crippen LogP contribution in [0.15, 0.2) is 67.5 Å². The highest BCUT2D eigenvalue weighted by molar-refractivity contribution is 7.98. The van der Waals surface area contributed by atoms with Crippen LogP contribution in [0.5, 0.6) is 0 Å². The second-order valence-electron chi connectivity index (χ2n) is 7.06. The lowest BCUT2D eigenvalue weighted by Crippen LogP contribution is -2.41. The predicted molar refractivity (Wildman–Crippen MR) is 118 cm³/mol. The Bertz CT molecular complexity index is 1300. The summed E-state index contributed by atoms with van der Waals surface area (Å²) >= 11 is 1.66. The van der Waals surface area contributed by atoms with Crippen LogP contribution < -0.4 is 11.2 Å². The van der Waals surface area contributed by atoms with Gasteiger partial charge in [-0.2, -0.15) is 4.98 Å². The molecule has 0 N–H and O–H groups in total. The predicted octanol–water partition coefficient (Wildman–Crippen LogP) is 3.95. The van der Waals surface area contributed by atoms with Crippen molar-refractivity contribution in [2.75, 3.05) is 6.26 Å². The molecular formula is C22H22N4O3S. The second kappa shape index (κ2) is 8.31. The Morgan fingerprint density at radius 1 is 1.10 bits per heavy atom. The highest BCUT2D eigenvalue weighted by Crippen LogP contribution is 2.21. The molecule has 0 amide bonds. The third kappa shape index (κ3) is 3.59. The second-order valence-corrected chi connectivity index (χ2v) is 7.94. The number of hydrogen-bond acceptors (Lipinski definition) is 6. The first-order valence-corrected chi connectivity index (χ1v) is 11.0. The van der Waals surface area contributed by atoms with Gasteiger partial charge in [0.1, 0.15) is 6.54 Å². The fourth-order valence-electron chi connectivity index (χ4n) is 3.38. The molecule has 0 saturated carbocycles. The summed E-state index contributed by atoms with van der Waals surface area (Å²) in [6.45, 7) is 3.90. The zero-order valence-electron chi connectivity index (χ0n) is 17.0. The van der Waals surface area contributed by atoms with Crippen LogP contribution in [0.3, 0.4) is 0 Å². The van der Waals surface area contributed by atoms with E-state index in [4.69, 9.17) is 4.52 Å². The van der Waals surface area contributed by atoms with Crippen molar-refractivity contribution in [3.05, 3.63) is 75.3 Å². The maximum absolute atomic E-state index is 13.2. The largest absolute Gasteiger partial charge is 0.337 e. The number of rotatable bonds is 6. The zero-order valence-corrected chi connectivity index (χ0v) is 17.8. The summed E-state index contributed by atoms with van der Waals surface area (Å²) in [6, 6.07) is 14.7. The molecule has 1 unspecified atom stereocenters. The van der Waals surface area contributed by atoms with Gasteiger partial charge in [-0.1, -0.05) is 24.2 Å². The molecule has 30 heavy (non-hydrogen) atoms. The summed E-state index contributed by atoms with van der Waals surface area (Å²) in [5.41, 5.74) is 0.735. The number of hydrogen-bond donors (Lipinski definition) is 0. The van der Waals surface area contributed by atoms with Crippen LogP contribution in [0.2, 0.25) is 0 Å². The van der Waals surface area contributed by atoms with E-state index in [-0.39, 0.29) is 23.8 Å². The third-order valence-corrected chi connectivity index (χ3v) is 5.97. The van der Waals surface area contributed by atoms with Crippen LogP contribution in [-0.4, -0.2) is 25.5 Å². The van der Waals surface area contributed by atoms with Crippen LogP contribution in [0, 0.1) is 0 Å². The molecule has 8 heteroatoms. The average molecular weight is 423 g/mol. The highest BCUT2D eigenvalue weighted by atomic mass is 32.2. The van der Waals surface area contributed by atoms with Gasteiger partial charge >= 0.3 is 5.69 Å². The van der Waals surface area contributed by atoms with Crippen molar-refractivity contribution in [2.45, 2.75) is 37.8 Å². The Kier molecular flexibility index (Phi) is 5.59. The monoisotopic (exact) mass is 422 g/mol. The number of thioether (sulfide) groups is 1. The lowest BCUT2D eigenvalue weighted by atomic mass is 10.2. The van der Waals surface area contributed by atoms with Gasteiger partial charge < -0.3 is 4.52 Å². The lowest BCUT2D eigenvalue weighted by molar-refractivity contribution is 0.367. The molecular weight excluding hydrogens is 400 g/mol. The molecule has 2 heterocycles. The number of fused-ring (bicyclic) bond motifs is 1. The summed E-state index contributed by atoms with van der Waals surface area (Å²) in [4.78, 5) is 31.7. The Hall–Kier alpha value is -3.13. The third-order valence-electron chi connectivity index (χ3n) is 5.22. The van der Waals surface area contributed by atoms with E-state index in [0.29, 0.717) is 29.0 Å². The zero-order chi connectivity index (χ0) is 21.3. The number of para-hydroxylation sites is 1. The van der Waals surface area contributed by atoms with Gasteiger partial charge in [0.2, 0.25) is 11.7 Å². The maximum atomic E-state index is 13.2. The summed E-state index contributed by atoms with van der Waals surface area (Å²) in [5, 5.41) is 4.55. The maximum Gasteiger partial charge on any atom is 0.332 e. The molecule has 154 valence electrons. The minimum absolute atomic E-state index is 0.0892. The van der Waals surface area contributed by atoms with Gasteiger partial charge in [0.15, 0.2) is 0 Å². The number of aromatic nitrogens is 4. The van der Waals surface area contributed by atoms with E-state index in [1.165, 1.54) is 9.13 Å². The summed E-state index contributed by atoms with van der Waals surface area (Å²) in [5.74, 6) is 0.769. The quantitative estimate of drug-likeness (QED) is 0.438. The summed E-state index contributed by atoms with van der Waals surface area (Å²) in [6.07, 6.45) is 2.69. The van der Waals surface area contributed by atoms with E-state index in [0.717, 1.165) is 10.5 Å². The van der Waals surface area contributed by atoms with E-state index in [1.807, 2.05) is 44.4 Å². The van der Waals surface area contributed by atoms with Crippen molar-refractivity contribution in [2.24, 2.45) is 0 Å². The molecule has 0 fully saturated rings. The van der Waals surface area contributed by atoms with Crippen molar-refractivity contribution >= 4 is 22.7 Å². The summed E-state index contributed by atoms with van der Waals surface area (Å²) < 4.78 is 8.26. The Morgan fingerprint density at radius 3 is 2.53 bits per heavy atom. The van der Waals surface area contributed by atoms with E-state index < -0.39 is 0 Å². The topological polar surface area (TPSA) is 82.9 Å². The number of nitrogens with zero attached hydrogens (tertiary/aromatic N) is 4. The molecule has 0 saturated heterocycles. The number of benzene rings is 2. The first-order chi connectivity index (χ1) is 14.5. The molecule has 2 aromatic carbocycles. The van der Waals surface area contributed by atoms with Crippen molar-refractivity contribution in [1.82, 2.24) is 19.3 Å². The summed E-state index contributed by atoms with van der Waals surface area (Å²) in [7, 11) is 0. The van der Waals surface area contributed by atoms with E-state index >= 15 is 0 Å². The van der Waals surface area contributed by atoms with Crippen LogP contribution in [0.25, 0.3) is 22.3 Å². The van der Waals surface area contributed by atoms with Crippen molar-refractivity contribution in [3.8, 4) is 11.4 Å². The average Bonchev–Trinajstić information content (AvgIpc) is 3.25. The SMILES string of the molecule is CCC(C)n1c(=O)c2ccccc2n(Cc2nc(-c3ccc(SC)cc3)no2)c1=O. The van der Waals surface area contributed by atoms with Gasteiger partial charge in [-0.05, 0) is 56.0 Å². The van der Waals surface area contributed by atoms with Gasteiger partial charge in [-0.25, -0.2) is 4.79 Å². The highest BCUT2D eigenvalue weighted by Gasteiger charge is 2.18. The first kappa shape index (κ1) is 20.2. The Labute approximate surface area is 177 Å². The van der Waals surface area contributed by atoms with Gasteiger partial charge in [0, 0.05) is 16.5 Å². The molecule has 7 nitrogen and oxygen atoms in total. The molecule has 0 radical (unpaired) electrons. The molecule has 0 aliphatic carbocycles. The van der Waals surface area contributed by atoms with Gasteiger partial charge in [0.25, 0.3) is 5.56 Å². The molecule has 4 rings (SSSR count). The van der Waals surface area contributed by atoms with Crippen molar-refractivity contribution in [3.63, 3.8) is 0 Å². The molecule has 0 bridgehead atoms. The fourth-order valence-corrected chi connectivity index (χ4v) is 3.78. The van der Waals surface area contributed by atoms with Gasteiger partial charge in [-0.3, -0.25) is 13.9 Å². The molecule has 0 spiro atoms. The molecule has 0 aliphatic heterocycles. The van der Waals surface area contributed by atoms with E-state index in [9.17, 15) is 9.59 Å². The van der Waals surface area contributed by atoms with Crippen LogP contribution in [0.4, 0.5) is 0 Å². The minimum atomic E-state index is -0.378. The molecule has 4 aromatic rings. The van der Waals surface area contributed by atoms with Crippen LogP contribution in [-0.2, 0) is 6.54 Å². The van der Waals surface area contributed by atoms with Crippen LogP contribution in [0.1, 0.15) is 32.2 Å². The lowest BCUT2D eigenvalue weighted by Gasteiger charge is -2.16. The van der Waals surface area contributed by atoms with Crippen molar-refractivity contribution < 1.29 is 4.52 Å². The Balaban J connectivity index is 1.78. The normalized spacial score (nSPS) is 12.4. The van der Waals surface area contributed by atoms with Gasteiger partial charge in [-0.15, -0.1) is 11.8 Å². The Morgan fingerprint density at radius 2 is 1.83 bits per heavy atom. The fraction of sp³-hybridized carbons (Fsp3) is 0.273. The van der Waals surface area contributed by atoms with E-state index in [1.54, 1.807) is 36.0 Å². The smallest absolute Gasteiger partial charge is 0.332 e. The molecule has 0 aliphatic rings.